The highest BCUT2D eigenvalue weighted by atomic mass is 16.5. The lowest BCUT2D eigenvalue weighted by Gasteiger charge is -2.23. The van der Waals surface area contributed by atoms with Crippen molar-refractivity contribution in [3.63, 3.8) is 0 Å². The first kappa shape index (κ1) is 18.0. The summed E-state index contributed by atoms with van der Waals surface area (Å²) >= 11 is 0. The molecule has 0 saturated carbocycles. The average Bonchev–Trinajstić information content (AvgIpc) is 2.83. The van der Waals surface area contributed by atoms with E-state index < -0.39 is 11.9 Å². The largest absolute Gasteiger partial charge is 0.465 e. The van der Waals surface area contributed by atoms with Crippen LogP contribution in [0.1, 0.15) is 6.92 Å². The molecule has 0 spiro atoms. The van der Waals surface area contributed by atoms with Crippen molar-refractivity contribution >= 4 is 29.2 Å². The van der Waals surface area contributed by atoms with E-state index >= 15 is 0 Å². The van der Waals surface area contributed by atoms with Crippen molar-refractivity contribution in [2.24, 2.45) is 0 Å². The molecule has 130 valence electrons. The van der Waals surface area contributed by atoms with Crippen LogP contribution in [0.5, 0.6) is 0 Å². The highest BCUT2D eigenvalue weighted by molar-refractivity contribution is 6.05. The molecule has 0 radical (unpaired) electrons. The van der Waals surface area contributed by atoms with Gasteiger partial charge in [0.2, 0.25) is 5.91 Å². The van der Waals surface area contributed by atoms with Gasteiger partial charge in [0, 0.05) is 24.5 Å². The van der Waals surface area contributed by atoms with E-state index in [1.807, 2.05) is 0 Å². The Labute approximate surface area is 145 Å². The second-order valence-corrected chi connectivity index (χ2v) is 5.05. The van der Waals surface area contributed by atoms with Gasteiger partial charge < -0.3 is 19.7 Å². The number of nitrogens with zero attached hydrogens (tertiary/aromatic N) is 1. The predicted octanol–water partition coefficient (Wildman–Crippen LogP) is 2.13. The van der Waals surface area contributed by atoms with Gasteiger partial charge in [0.15, 0.2) is 0 Å². The van der Waals surface area contributed by atoms with Crippen molar-refractivity contribution in [1.29, 1.82) is 0 Å². The maximum Gasteiger partial charge on any atom is 0.355 e. The fraction of sp³-hybridized carbons (Fsp3) is 0.167. The van der Waals surface area contributed by atoms with Crippen LogP contribution in [0.15, 0.2) is 60.0 Å². The number of hydrogen-bond donors (Lipinski definition) is 1. The van der Waals surface area contributed by atoms with Gasteiger partial charge in [0.05, 0.1) is 19.8 Å². The number of nitrogens with one attached hydrogen (secondary N) is 1. The zero-order chi connectivity index (χ0) is 18.4. The molecule has 0 aliphatic carbocycles. The first-order valence-electron chi connectivity index (χ1n) is 7.40. The Morgan fingerprint density at radius 3 is 2.40 bits per heavy atom. The first-order chi connectivity index (χ1) is 12.0. The summed E-state index contributed by atoms with van der Waals surface area (Å²) in [5.74, 6) is -1.57. The molecule has 1 aromatic carbocycles. The summed E-state index contributed by atoms with van der Waals surface area (Å²) in [4.78, 5) is 37.2. The molecular formula is C18H18N2O5. The van der Waals surface area contributed by atoms with Gasteiger partial charge in [0.25, 0.3) is 0 Å². The summed E-state index contributed by atoms with van der Waals surface area (Å²) in [5, 5.41) is 2.67. The highest BCUT2D eigenvalue weighted by Gasteiger charge is 2.27. The third-order valence-electron chi connectivity index (χ3n) is 3.33. The molecule has 0 fully saturated rings. The second-order valence-electron chi connectivity index (χ2n) is 5.05. The Hall–Kier alpha value is -3.35. The Bertz CT molecular complexity index is 792. The molecule has 2 rings (SSSR count). The van der Waals surface area contributed by atoms with Gasteiger partial charge in [-0.15, -0.1) is 0 Å². The summed E-state index contributed by atoms with van der Waals surface area (Å²) in [6.07, 6.45) is 6.38. The Morgan fingerprint density at radius 2 is 1.76 bits per heavy atom. The van der Waals surface area contributed by atoms with Crippen LogP contribution >= 0.6 is 0 Å². The van der Waals surface area contributed by atoms with E-state index in [0.717, 1.165) is 0 Å². The minimum absolute atomic E-state index is 0.0133. The number of allylic oxidation sites excluding steroid dienone is 2. The summed E-state index contributed by atoms with van der Waals surface area (Å²) in [6, 6.07) is 6.85. The third kappa shape index (κ3) is 4.14. The van der Waals surface area contributed by atoms with Crippen LogP contribution in [0.3, 0.4) is 0 Å². The molecular weight excluding hydrogens is 324 g/mol. The van der Waals surface area contributed by atoms with Crippen LogP contribution in [0, 0.1) is 0 Å². The van der Waals surface area contributed by atoms with Crippen molar-refractivity contribution in [2.75, 3.05) is 24.4 Å². The van der Waals surface area contributed by atoms with Crippen molar-refractivity contribution in [2.45, 2.75) is 6.92 Å². The fourth-order valence-electron chi connectivity index (χ4n) is 2.30. The smallest absolute Gasteiger partial charge is 0.355 e. The Morgan fingerprint density at radius 1 is 1.04 bits per heavy atom. The third-order valence-corrected chi connectivity index (χ3v) is 3.33. The van der Waals surface area contributed by atoms with Gasteiger partial charge in [-0.2, -0.15) is 0 Å². The predicted molar refractivity (Wildman–Crippen MR) is 92.6 cm³/mol. The molecule has 1 aliphatic rings. The number of methoxy groups -OCH3 is 2. The fourth-order valence-corrected chi connectivity index (χ4v) is 2.30. The van der Waals surface area contributed by atoms with E-state index in [1.165, 1.54) is 32.1 Å². The standard InChI is InChI=1S/C18H18N2O5/c1-12(21)19-13-7-6-8-14(11-13)20-10-5-4-9-15(17(22)24-2)16(20)18(23)25-3/h4-11H,1-3H3,(H,19,21). The molecule has 0 unspecified atom stereocenters. The van der Waals surface area contributed by atoms with Crippen molar-refractivity contribution < 1.29 is 23.9 Å². The highest BCUT2D eigenvalue weighted by Crippen LogP contribution is 2.28. The minimum atomic E-state index is -0.693. The Balaban J connectivity index is 2.59. The molecule has 1 aliphatic heterocycles. The number of benzene rings is 1. The van der Waals surface area contributed by atoms with E-state index in [9.17, 15) is 14.4 Å². The lowest BCUT2D eigenvalue weighted by Crippen LogP contribution is -2.27. The number of carbonyl (C=O) groups excluding carboxylic acids is 3. The van der Waals surface area contributed by atoms with E-state index in [-0.39, 0.29) is 17.2 Å². The molecule has 0 bridgehead atoms. The average molecular weight is 342 g/mol. The summed E-state index contributed by atoms with van der Waals surface area (Å²) in [7, 11) is 2.46. The van der Waals surface area contributed by atoms with Gasteiger partial charge >= 0.3 is 11.9 Å². The van der Waals surface area contributed by atoms with Gasteiger partial charge in [-0.1, -0.05) is 12.1 Å². The van der Waals surface area contributed by atoms with Crippen molar-refractivity contribution in [3.05, 3.63) is 60.0 Å². The molecule has 0 aromatic heterocycles. The van der Waals surface area contributed by atoms with E-state index in [2.05, 4.69) is 5.32 Å². The van der Waals surface area contributed by atoms with Crippen LogP contribution in [0.4, 0.5) is 11.4 Å². The molecule has 1 amide bonds. The lowest BCUT2D eigenvalue weighted by atomic mass is 10.1. The van der Waals surface area contributed by atoms with Gasteiger partial charge in [0.1, 0.15) is 5.70 Å². The molecule has 1 N–H and O–H groups in total. The molecule has 0 atom stereocenters. The summed E-state index contributed by atoms with van der Waals surface area (Å²) in [5.41, 5.74) is 1.19. The molecule has 0 saturated heterocycles. The Kier molecular flexibility index (Phi) is 5.73. The van der Waals surface area contributed by atoms with Crippen molar-refractivity contribution in [1.82, 2.24) is 0 Å². The number of amides is 1. The number of hydrogen-bond acceptors (Lipinski definition) is 6. The minimum Gasteiger partial charge on any atom is -0.465 e. The summed E-state index contributed by atoms with van der Waals surface area (Å²) < 4.78 is 9.60. The van der Waals surface area contributed by atoms with Gasteiger partial charge in [-0.25, -0.2) is 9.59 Å². The zero-order valence-electron chi connectivity index (χ0n) is 14.1. The molecule has 7 heteroatoms. The second kappa shape index (κ2) is 7.96. The molecule has 1 heterocycles. The number of anilines is 2. The van der Waals surface area contributed by atoms with Crippen LogP contribution in [0.2, 0.25) is 0 Å². The SMILES string of the molecule is COC(=O)C1=C(C(=O)OC)N(c2cccc(NC(C)=O)c2)C=CC=C1. The number of rotatable bonds is 4. The molecule has 25 heavy (non-hydrogen) atoms. The topological polar surface area (TPSA) is 84.9 Å². The van der Waals surface area contributed by atoms with Crippen LogP contribution in [0.25, 0.3) is 0 Å². The lowest BCUT2D eigenvalue weighted by molar-refractivity contribution is -0.139. The molecule has 7 nitrogen and oxygen atoms in total. The van der Waals surface area contributed by atoms with Crippen molar-refractivity contribution in [3.8, 4) is 0 Å². The molecule has 1 aromatic rings. The number of carbonyl (C=O) groups is 3. The van der Waals surface area contributed by atoms with Gasteiger partial charge in [-0.3, -0.25) is 4.79 Å². The van der Waals surface area contributed by atoms with Gasteiger partial charge in [-0.05, 0) is 30.4 Å². The number of ether oxygens (including phenoxy) is 2. The maximum atomic E-state index is 12.3. The normalized spacial score (nSPS) is 13.3. The van der Waals surface area contributed by atoms with E-state index in [0.29, 0.717) is 11.4 Å². The van der Waals surface area contributed by atoms with Crippen LogP contribution < -0.4 is 10.2 Å². The van der Waals surface area contributed by atoms with Crippen LogP contribution in [-0.2, 0) is 23.9 Å². The maximum absolute atomic E-state index is 12.3. The first-order valence-corrected chi connectivity index (χ1v) is 7.40. The summed E-state index contributed by atoms with van der Waals surface area (Å²) in [6.45, 7) is 1.40. The zero-order valence-corrected chi connectivity index (χ0v) is 14.1. The van der Waals surface area contributed by atoms with E-state index in [4.69, 9.17) is 9.47 Å². The van der Waals surface area contributed by atoms with Crippen LogP contribution in [-0.4, -0.2) is 32.1 Å². The van der Waals surface area contributed by atoms with E-state index in [1.54, 1.807) is 42.6 Å². The quantitative estimate of drug-likeness (QED) is 0.844. The monoisotopic (exact) mass is 342 g/mol. The number of esters is 2.